The maximum absolute atomic E-state index is 12.4. The highest BCUT2D eigenvalue weighted by Crippen LogP contribution is 2.38. The Morgan fingerprint density at radius 3 is 2.72 bits per heavy atom. The highest BCUT2D eigenvalue weighted by molar-refractivity contribution is 7.17. The molecule has 29 heavy (non-hydrogen) atoms. The molecule has 154 valence electrons. The molecule has 0 bridgehead atoms. The van der Waals surface area contributed by atoms with E-state index in [2.05, 4.69) is 24.1 Å². The van der Waals surface area contributed by atoms with Crippen LogP contribution in [0.1, 0.15) is 39.5 Å². The molecule has 0 aliphatic carbocycles. The van der Waals surface area contributed by atoms with E-state index >= 15 is 0 Å². The van der Waals surface area contributed by atoms with Crippen LogP contribution in [0, 0.1) is 10.1 Å². The lowest BCUT2D eigenvalue weighted by molar-refractivity contribution is -0.380. The summed E-state index contributed by atoms with van der Waals surface area (Å²) >= 11 is 2.37. The monoisotopic (exact) mass is 435 g/mol. The molecule has 10 heteroatoms. The van der Waals surface area contributed by atoms with Crippen LogP contribution in [0.4, 0.5) is 10.0 Å². The number of esters is 1. The number of anilines is 1. The third-order valence-corrected chi connectivity index (χ3v) is 6.77. The fourth-order valence-electron chi connectivity index (χ4n) is 3.11. The second kappa shape index (κ2) is 8.85. The summed E-state index contributed by atoms with van der Waals surface area (Å²) in [6, 6.07) is 3.37. The average Bonchev–Trinajstić information content (AvgIpc) is 3.29. The number of rotatable bonds is 6. The summed E-state index contributed by atoms with van der Waals surface area (Å²) in [4.78, 5) is 39.0. The summed E-state index contributed by atoms with van der Waals surface area (Å²) < 4.78 is 4.93. The first-order chi connectivity index (χ1) is 13.8. The fraction of sp³-hybridized carbons (Fsp3) is 0.368. The van der Waals surface area contributed by atoms with Gasteiger partial charge in [0.05, 0.1) is 17.6 Å². The molecule has 0 spiro atoms. The van der Waals surface area contributed by atoms with Crippen LogP contribution in [0.3, 0.4) is 0 Å². The van der Waals surface area contributed by atoms with Crippen molar-refractivity contribution in [2.75, 3.05) is 19.0 Å². The van der Waals surface area contributed by atoms with Crippen molar-refractivity contribution >= 4 is 50.6 Å². The Morgan fingerprint density at radius 1 is 1.34 bits per heavy atom. The predicted octanol–water partition coefficient (Wildman–Crippen LogP) is 3.92. The van der Waals surface area contributed by atoms with Crippen molar-refractivity contribution in [3.05, 3.63) is 49.2 Å². The number of nitrogens with one attached hydrogen (secondary N) is 1. The van der Waals surface area contributed by atoms with Gasteiger partial charge in [-0.05, 0) is 38.0 Å². The number of amides is 1. The van der Waals surface area contributed by atoms with Crippen LogP contribution in [0.15, 0.2) is 18.2 Å². The molecule has 1 aliphatic heterocycles. The summed E-state index contributed by atoms with van der Waals surface area (Å²) in [5.74, 6) is -0.876. The second-order valence-electron chi connectivity index (χ2n) is 6.77. The largest absolute Gasteiger partial charge is 0.465 e. The first-order valence-electron chi connectivity index (χ1n) is 9.00. The van der Waals surface area contributed by atoms with E-state index in [1.165, 1.54) is 36.7 Å². The molecule has 1 N–H and O–H groups in total. The molecule has 2 aromatic heterocycles. The summed E-state index contributed by atoms with van der Waals surface area (Å²) in [7, 11) is 1.32. The lowest BCUT2D eigenvalue weighted by Gasteiger charge is -2.30. The van der Waals surface area contributed by atoms with E-state index in [1.807, 2.05) is 0 Å². The van der Waals surface area contributed by atoms with Crippen molar-refractivity contribution in [1.29, 1.82) is 0 Å². The van der Waals surface area contributed by atoms with E-state index < -0.39 is 16.8 Å². The zero-order valence-electron chi connectivity index (χ0n) is 16.3. The number of hydrogen-bond acceptors (Lipinski definition) is 8. The van der Waals surface area contributed by atoms with Crippen molar-refractivity contribution in [2.24, 2.45) is 0 Å². The minimum atomic E-state index is -0.471. The SMILES string of the molecule is COC(=O)c1c(NC(=O)/C=C/c2ccc([N+](=O)[O-])s2)sc2c1CCN(C(C)C)C2. The average molecular weight is 436 g/mol. The van der Waals surface area contributed by atoms with Gasteiger partial charge in [-0.15, -0.1) is 11.3 Å². The molecule has 0 radical (unpaired) electrons. The molecule has 8 nitrogen and oxygen atoms in total. The summed E-state index contributed by atoms with van der Waals surface area (Å²) in [5.41, 5.74) is 1.36. The van der Waals surface area contributed by atoms with Gasteiger partial charge in [0.25, 0.3) is 0 Å². The van der Waals surface area contributed by atoms with Crippen molar-refractivity contribution in [1.82, 2.24) is 4.90 Å². The predicted molar refractivity (Wildman–Crippen MR) is 114 cm³/mol. The lowest BCUT2D eigenvalue weighted by atomic mass is 10.0. The third kappa shape index (κ3) is 4.72. The molecule has 0 aromatic carbocycles. The highest BCUT2D eigenvalue weighted by atomic mass is 32.1. The van der Waals surface area contributed by atoms with Crippen molar-refractivity contribution < 1.29 is 19.2 Å². The number of methoxy groups -OCH3 is 1. The maximum Gasteiger partial charge on any atom is 0.341 e. The van der Waals surface area contributed by atoms with E-state index in [1.54, 1.807) is 6.07 Å². The number of fused-ring (bicyclic) bond motifs is 1. The van der Waals surface area contributed by atoms with Gasteiger partial charge in [-0.2, -0.15) is 0 Å². The van der Waals surface area contributed by atoms with Gasteiger partial charge in [-0.1, -0.05) is 11.3 Å². The summed E-state index contributed by atoms with van der Waals surface area (Å²) in [6.07, 6.45) is 3.54. The molecule has 3 heterocycles. The van der Waals surface area contributed by atoms with Crippen LogP contribution in [0.5, 0.6) is 0 Å². The maximum atomic E-state index is 12.4. The van der Waals surface area contributed by atoms with Crippen LogP contribution in [-0.4, -0.2) is 41.4 Å². The second-order valence-corrected chi connectivity index (χ2v) is 8.97. The standard InChI is InChI=1S/C19H21N3O5S2/c1-11(2)21-9-8-13-14(10-21)29-18(17(13)19(24)27-3)20-15(23)6-4-12-5-7-16(28-12)22(25)26/h4-7,11H,8-10H2,1-3H3,(H,20,23)/b6-4+. The zero-order valence-corrected chi connectivity index (χ0v) is 17.9. The van der Waals surface area contributed by atoms with E-state index in [4.69, 9.17) is 4.74 Å². The van der Waals surface area contributed by atoms with E-state index in [-0.39, 0.29) is 5.00 Å². The Labute approximate surface area is 175 Å². The molecule has 0 saturated carbocycles. The van der Waals surface area contributed by atoms with Gasteiger partial charge in [-0.3, -0.25) is 19.8 Å². The number of carbonyl (C=O) groups is 2. The molecule has 1 amide bonds. The number of carbonyl (C=O) groups excluding carboxylic acids is 2. The van der Waals surface area contributed by atoms with Crippen LogP contribution < -0.4 is 5.32 Å². The van der Waals surface area contributed by atoms with Crippen LogP contribution in [0.25, 0.3) is 6.08 Å². The van der Waals surface area contributed by atoms with Crippen molar-refractivity contribution in [3.63, 3.8) is 0 Å². The fourth-order valence-corrected chi connectivity index (χ4v) is 5.10. The van der Waals surface area contributed by atoms with Gasteiger partial charge in [0.15, 0.2) is 0 Å². The summed E-state index contributed by atoms with van der Waals surface area (Å²) in [6.45, 7) is 5.83. The number of nitrogens with zero attached hydrogens (tertiary/aromatic N) is 2. The molecule has 3 rings (SSSR count). The minimum Gasteiger partial charge on any atom is -0.465 e. The Kier molecular flexibility index (Phi) is 6.46. The summed E-state index contributed by atoms with van der Waals surface area (Å²) in [5, 5.41) is 14.0. The van der Waals surface area contributed by atoms with Crippen LogP contribution in [0.2, 0.25) is 0 Å². The molecule has 2 aromatic rings. The molecule has 0 fully saturated rings. The number of nitro groups is 1. The topological polar surface area (TPSA) is 102 Å². The Bertz CT molecular complexity index is 977. The van der Waals surface area contributed by atoms with E-state index in [9.17, 15) is 19.7 Å². The Morgan fingerprint density at radius 2 is 2.10 bits per heavy atom. The van der Waals surface area contributed by atoms with Gasteiger partial charge in [0.2, 0.25) is 5.91 Å². The smallest absolute Gasteiger partial charge is 0.341 e. The highest BCUT2D eigenvalue weighted by Gasteiger charge is 2.29. The van der Waals surface area contributed by atoms with Crippen LogP contribution >= 0.6 is 22.7 Å². The molecular weight excluding hydrogens is 414 g/mol. The van der Waals surface area contributed by atoms with Crippen molar-refractivity contribution in [2.45, 2.75) is 32.9 Å². The van der Waals surface area contributed by atoms with Gasteiger partial charge >= 0.3 is 11.0 Å². The number of hydrogen-bond donors (Lipinski definition) is 1. The van der Waals surface area contributed by atoms with E-state index in [0.29, 0.717) is 21.5 Å². The van der Waals surface area contributed by atoms with Gasteiger partial charge in [-0.25, -0.2) is 4.79 Å². The third-order valence-electron chi connectivity index (χ3n) is 4.63. The molecule has 0 unspecified atom stereocenters. The first-order valence-corrected chi connectivity index (χ1v) is 10.6. The minimum absolute atomic E-state index is 0.0127. The van der Waals surface area contributed by atoms with E-state index in [0.717, 1.165) is 41.3 Å². The molecule has 0 saturated heterocycles. The molecular formula is C19H21N3O5S2. The Hall–Kier alpha value is -2.56. The number of ether oxygens (including phenoxy) is 1. The van der Waals surface area contributed by atoms with Crippen molar-refractivity contribution in [3.8, 4) is 0 Å². The van der Waals surface area contributed by atoms with Crippen LogP contribution in [-0.2, 0) is 22.5 Å². The van der Waals surface area contributed by atoms with Gasteiger partial charge < -0.3 is 10.1 Å². The first kappa shape index (κ1) is 21.2. The zero-order chi connectivity index (χ0) is 21.1. The molecule has 0 atom stereocenters. The Balaban J connectivity index is 1.80. The normalized spacial score (nSPS) is 14.2. The molecule has 1 aliphatic rings. The van der Waals surface area contributed by atoms with Gasteiger partial charge in [0.1, 0.15) is 5.00 Å². The quantitative estimate of drug-likeness (QED) is 0.319. The lowest BCUT2D eigenvalue weighted by Crippen LogP contribution is -2.35. The van der Waals surface area contributed by atoms with Gasteiger partial charge in [0, 0.05) is 41.0 Å². The number of thiophene rings is 2.